The monoisotopic (exact) mass is 1200 g/mol. The quantitative estimate of drug-likeness (QED) is 0.114. The zero-order chi connectivity index (χ0) is 61.6. The highest BCUT2D eigenvalue weighted by Gasteiger charge is 2.22. The smallest absolute Gasteiger partial charge is 0.0540 e. The van der Waals surface area contributed by atoms with Gasteiger partial charge in [-0.05, 0) is 184 Å². The van der Waals surface area contributed by atoms with E-state index >= 15 is 0 Å². The van der Waals surface area contributed by atoms with Gasteiger partial charge in [-0.15, -0.1) is 11.3 Å². The van der Waals surface area contributed by atoms with Crippen LogP contribution < -0.4 is 9.80 Å². The first-order valence-corrected chi connectivity index (χ1v) is 32.7. The molecule has 0 amide bonds. The van der Waals surface area contributed by atoms with Gasteiger partial charge in [-0.25, -0.2) is 0 Å². The van der Waals surface area contributed by atoms with Gasteiger partial charge in [-0.2, -0.15) is 0 Å². The van der Waals surface area contributed by atoms with Gasteiger partial charge >= 0.3 is 0 Å². The Hall–Kier alpha value is -11.9. The predicted octanol–water partition coefficient (Wildman–Crippen LogP) is 26.1. The summed E-state index contributed by atoms with van der Waals surface area (Å²) in [6.45, 7) is 0. The van der Waals surface area contributed by atoms with Crippen molar-refractivity contribution in [3.63, 3.8) is 0 Å². The third kappa shape index (κ3) is 10.3. The van der Waals surface area contributed by atoms with Gasteiger partial charge in [-0.3, -0.25) is 0 Å². The van der Waals surface area contributed by atoms with Gasteiger partial charge in [0.05, 0.1) is 5.69 Å². The Labute approximate surface area is 546 Å². The molecule has 0 atom stereocenters. The molecule has 1 heterocycles. The predicted molar refractivity (Wildman–Crippen MR) is 399 cm³/mol. The van der Waals surface area contributed by atoms with E-state index < -0.39 is 0 Å². The summed E-state index contributed by atoms with van der Waals surface area (Å²) >= 11 is 1.88. The summed E-state index contributed by atoms with van der Waals surface area (Å²) < 4.78 is 2.60. The molecule has 2 nitrogen and oxygen atoms in total. The van der Waals surface area contributed by atoms with Gasteiger partial charge in [0.2, 0.25) is 0 Å². The van der Waals surface area contributed by atoms with Crippen LogP contribution in [-0.4, -0.2) is 0 Å². The zero-order valence-electron chi connectivity index (χ0n) is 50.9. The van der Waals surface area contributed by atoms with Crippen LogP contribution in [0.15, 0.2) is 364 Å². The SMILES string of the molecule is c1ccc(-c2ccc(-c3ccc(N(c4ccc(-c5cccc6ccccc56)cc4)c4cccc(-c5ccccc5N(c5ccc(-c6ccc7ccccc7c6)cc5)c5ccc(-c6ccc(-c7ccccc7)c7sc8ccccc8c67)cc5)c4)cc3)c3ccccc23)cc1. The number of hydrogen-bond donors (Lipinski definition) is 0. The van der Waals surface area contributed by atoms with Crippen molar-refractivity contribution in [2.24, 2.45) is 0 Å². The molecule has 93 heavy (non-hydrogen) atoms. The number of thiophene rings is 1. The minimum atomic E-state index is 1.05. The maximum absolute atomic E-state index is 2.43. The largest absolute Gasteiger partial charge is 0.310 e. The number of para-hydroxylation sites is 1. The van der Waals surface area contributed by atoms with Gasteiger partial charge in [0.15, 0.2) is 0 Å². The Bertz CT molecular complexity index is 5590. The third-order valence-electron chi connectivity index (χ3n) is 18.5. The second-order valence-electron chi connectivity index (χ2n) is 23.9. The van der Waals surface area contributed by atoms with E-state index in [9.17, 15) is 0 Å². The van der Waals surface area contributed by atoms with Crippen molar-refractivity contribution in [1.82, 2.24) is 0 Å². The lowest BCUT2D eigenvalue weighted by atomic mass is 9.92. The lowest BCUT2D eigenvalue weighted by Crippen LogP contribution is -2.12. The molecule has 436 valence electrons. The summed E-state index contributed by atoms with van der Waals surface area (Å²) in [6, 6.07) is 134. The number of benzene rings is 16. The molecule has 0 saturated heterocycles. The fourth-order valence-corrected chi connectivity index (χ4v) is 15.2. The van der Waals surface area contributed by atoms with E-state index in [0.29, 0.717) is 0 Å². The van der Waals surface area contributed by atoms with E-state index in [0.717, 1.165) is 50.8 Å². The molecule has 0 saturated carbocycles. The van der Waals surface area contributed by atoms with Crippen LogP contribution in [0.25, 0.3) is 130 Å². The minimum Gasteiger partial charge on any atom is -0.310 e. The first-order valence-electron chi connectivity index (χ1n) is 31.9. The number of nitrogens with zero attached hydrogens (tertiary/aromatic N) is 2. The molecule has 16 aromatic carbocycles. The summed E-state index contributed by atoms with van der Waals surface area (Å²) in [5.74, 6) is 0. The number of anilines is 6. The van der Waals surface area contributed by atoms with Gasteiger partial charge in [0, 0.05) is 54.2 Å². The lowest BCUT2D eigenvalue weighted by molar-refractivity contribution is 1.27. The van der Waals surface area contributed by atoms with E-state index in [4.69, 9.17) is 0 Å². The van der Waals surface area contributed by atoms with Gasteiger partial charge in [0.25, 0.3) is 0 Å². The van der Waals surface area contributed by atoms with Crippen LogP contribution in [0.4, 0.5) is 34.1 Å². The van der Waals surface area contributed by atoms with E-state index in [1.165, 1.54) is 114 Å². The van der Waals surface area contributed by atoms with Crippen molar-refractivity contribution in [3.8, 4) is 77.9 Å². The first-order chi connectivity index (χ1) is 46.1. The lowest BCUT2D eigenvalue weighted by Gasteiger charge is -2.29. The molecule has 0 aliphatic rings. The van der Waals surface area contributed by atoms with Crippen molar-refractivity contribution < 1.29 is 0 Å². The van der Waals surface area contributed by atoms with Crippen molar-refractivity contribution >= 4 is 98.0 Å². The zero-order valence-corrected chi connectivity index (χ0v) is 51.8. The first kappa shape index (κ1) is 55.2. The van der Waals surface area contributed by atoms with Crippen LogP contribution in [0.2, 0.25) is 0 Å². The molecule has 0 radical (unpaired) electrons. The molecule has 0 fully saturated rings. The summed E-state index contributed by atoms with van der Waals surface area (Å²) in [4.78, 5) is 4.84. The average Bonchev–Trinajstić information content (AvgIpc) is 1.71. The van der Waals surface area contributed by atoms with Gasteiger partial charge < -0.3 is 9.80 Å². The molecule has 0 unspecified atom stereocenters. The molecule has 3 heteroatoms. The average molecular weight is 1200 g/mol. The summed E-state index contributed by atoms with van der Waals surface area (Å²) in [6.07, 6.45) is 0. The molecule has 0 aliphatic carbocycles. The Morgan fingerprint density at radius 1 is 0.194 bits per heavy atom. The molecule has 0 aliphatic heterocycles. The van der Waals surface area contributed by atoms with Crippen molar-refractivity contribution in [3.05, 3.63) is 364 Å². The van der Waals surface area contributed by atoms with Crippen molar-refractivity contribution in [2.45, 2.75) is 0 Å². The molecule has 1 aromatic heterocycles. The molecule has 17 aromatic rings. The van der Waals surface area contributed by atoms with Gasteiger partial charge in [-0.1, -0.05) is 285 Å². The number of fused-ring (bicyclic) bond motifs is 6. The van der Waals surface area contributed by atoms with Crippen LogP contribution in [0.5, 0.6) is 0 Å². The second kappa shape index (κ2) is 23.8. The number of rotatable bonds is 13. The fraction of sp³-hybridized carbons (Fsp3) is 0. The Balaban J connectivity index is 0.784. The Kier molecular flexibility index (Phi) is 14.1. The molecule has 17 rings (SSSR count). The Morgan fingerprint density at radius 3 is 1.27 bits per heavy atom. The fourth-order valence-electron chi connectivity index (χ4n) is 14.0. The topological polar surface area (TPSA) is 6.48 Å². The van der Waals surface area contributed by atoms with E-state index in [1.807, 2.05) is 11.3 Å². The summed E-state index contributed by atoms with van der Waals surface area (Å²) in [7, 11) is 0. The standard InChI is InChI=1S/C90H60N2S/c1-3-20-63(21-4-1)79-55-56-80(85-32-12-11-31-84(79)85)67-43-51-73(52-44-67)91(72-49-41-66(42-50-72)78-34-18-26-64-24-9-10-29-77(64)78)76-28-17-27-71(60-76)81-30-13-15-35-87(81)92(74-47-39-62(40-48-74)70-38-37-61-19-7-8-25-69(61)59-70)75-53-45-68(46-54-75)82-57-58-83(65-22-5-2-6-23-65)90-89(82)86-33-14-16-36-88(86)93-90/h1-60H. The maximum Gasteiger partial charge on any atom is 0.0540 e. The van der Waals surface area contributed by atoms with Crippen LogP contribution in [-0.2, 0) is 0 Å². The summed E-state index contributed by atoms with van der Waals surface area (Å²) in [5.41, 5.74) is 23.0. The highest BCUT2D eigenvalue weighted by molar-refractivity contribution is 7.26. The van der Waals surface area contributed by atoms with Crippen LogP contribution in [0.3, 0.4) is 0 Å². The normalized spacial score (nSPS) is 11.4. The molecular formula is C90H60N2S. The van der Waals surface area contributed by atoms with Crippen molar-refractivity contribution in [2.75, 3.05) is 9.80 Å². The molecule has 0 N–H and O–H groups in total. The Morgan fingerprint density at radius 2 is 0.613 bits per heavy atom. The second-order valence-corrected chi connectivity index (χ2v) is 25.0. The van der Waals surface area contributed by atoms with E-state index in [-0.39, 0.29) is 0 Å². The van der Waals surface area contributed by atoms with Crippen LogP contribution in [0, 0.1) is 0 Å². The summed E-state index contributed by atoms with van der Waals surface area (Å²) in [5, 5.41) is 9.98. The highest BCUT2D eigenvalue weighted by atomic mass is 32.1. The maximum atomic E-state index is 2.43. The number of hydrogen-bond acceptors (Lipinski definition) is 3. The van der Waals surface area contributed by atoms with Gasteiger partial charge in [0.1, 0.15) is 0 Å². The minimum absolute atomic E-state index is 1.05. The third-order valence-corrected chi connectivity index (χ3v) is 19.7. The van der Waals surface area contributed by atoms with Crippen LogP contribution >= 0.6 is 11.3 Å². The highest BCUT2D eigenvalue weighted by Crippen LogP contribution is 2.48. The van der Waals surface area contributed by atoms with Crippen molar-refractivity contribution in [1.29, 1.82) is 0 Å². The molecule has 0 bridgehead atoms. The van der Waals surface area contributed by atoms with Crippen LogP contribution in [0.1, 0.15) is 0 Å². The van der Waals surface area contributed by atoms with E-state index in [1.54, 1.807) is 0 Å². The molecule has 0 spiro atoms. The molecular weight excluding hydrogens is 1140 g/mol. The van der Waals surface area contributed by atoms with E-state index in [2.05, 4.69) is 374 Å².